The second kappa shape index (κ2) is 13.6. The Morgan fingerprint density at radius 2 is 0.871 bits per heavy atom. The van der Waals surface area contributed by atoms with Gasteiger partial charge in [0.15, 0.2) is 0 Å². The van der Waals surface area contributed by atoms with Crippen molar-refractivity contribution in [3.8, 4) is 27.9 Å². The highest BCUT2D eigenvalue weighted by Crippen LogP contribution is 2.46. The first-order valence-corrected chi connectivity index (χ1v) is 21.1. The van der Waals surface area contributed by atoms with Crippen molar-refractivity contribution in [2.24, 2.45) is 0 Å². The van der Waals surface area contributed by atoms with Crippen molar-refractivity contribution in [3.63, 3.8) is 0 Å². The molecule has 0 atom stereocenters. The average Bonchev–Trinajstić information content (AvgIpc) is 4.00. The molecule has 0 saturated carbocycles. The SMILES string of the molecule is c1ccc(N(c2ccc(-c3ccc4c(c3)oc3ccccc34)cc2)c2ccccc2-n2c3ccccc3c3ccccc32)c(-c2ccc3oc4cc5ccccc5cc4c3c2)c1. The van der Waals surface area contributed by atoms with Crippen LogP contribution in [0.1, 0.15) is 0 Å². The monoisotopic (exact) mass is 792 g/mol. The smallest absolute Gasteiger partial charge is 0.136 e. The molecule has 3 aromatic heterocycles. The predicted molar refractivity (Wildman–Crippen MR) is 258 cm³/mol. The van der Waals surface area contributed by atoms with E-state index in [2.05, 4.69) is 216 Å². The van der Waals surface area contributed by atoms with Gasteiger partial charge in [-0.25, -0.2) is 0 Å². The van der Waals surface area contributed by atoms with Crippen molar-refractivity contribution >= 4 is 93.5 Å². The molecule has 0 unspecified atom stereocenters. The van der Waals surface area contributed by atoms with Crippen molar-refractivity contribution in [2.75, 3.05) is 4.90 Å². The highest BCUT2D eigenvalue weighted by atomic mass is 16.3. The molecule has 13 rings (SSSR count). The summed E-state index contributed by atoms with van der Waals surface area (Å²) in [7, 11) is 0. The quantitative estimate of drug-likeness (QED) is 0.168. The van der Waals surface area contributed by atoms with E-state index in [0.29, 0.717) is 0 Å². The zero-order valence-corrected chi connectivity index (χ0v) is 33.5. The summed E-state index contributed by atoms with van der Waals surface area (Å²) >= 11 is 0. The Kier molecular flexibility index (Phi) is 7.57. The lowest BCUT2D eigenvalue weighted by atomic mass is 9.98. The number of benzene rings is 10. The van der Waals surface area contributed by atoms with Gasteiger partial charge in [-0.3, -0.25) is 0 Å². The first kappa shape index (κ1) is 34.5. The highest BCUT2D eigenvalue weighted by molar-refractivity contribution is 6.12. The van der Waals surface area contributed by atoms with E-state index in [1.54, 1.807) is 0 Å². The highest BCUT2D eigenvalue weighted by Gasteiger charge is 2.23. The minimum absolute atomic E-state index is 0.876. The topological polar surface area (TPSA) is 34.5 Å². The molecule has 290 valence electrons. The standard InChI is InChI=1S/C58H36N2O2/c1-2-14-39-35-58-49(33-38(39)13-1)48-34-41(28-32-56(48)62-58)43-15-3-7-19-50(43)59(42-29-25-37(26-30-42)40-27-31-47-46-18-6-12-24-55(46)61-57(47)36-40)53-22-10-11-23-54(53)60-51-20-8-4-16-44(51)45-17-5-9-21-52(45)60/h1-36H. The van der Waals surface area contributed by atoms with E-state index in [1.165, 1.54) is 21.5 Å². The average molecular weight is 793 g/mol. The van der Waals surface area contributed by atoms with Gasteiger partial charge in [0.2, 0.25) is 0 Å². The van der Waals surface area contributed by atoms with E-state index < -0.39 is 0 Å². The van der Waals surface area contributed by atoms with Gasteiger partial charge in [-0.05, 0) is 112 Å². The number of para-hydroxylation sites is 6. The first-order chi connectivity index (χ1) is 30.7. The van der Waals surface area contributed by atoms with Crippen LogP contribution >= 0.6 is 0 Å². The summed E-state index contributed by atoms with van der Waals surface area (Å²) in [6.07, 6.45) is 0. The number of anilines is 3. The van der Waals surface area contributed by atoms with Gasteiger partial charge < -0.3 is 18.3 Å². The lowest BCUT2D eigenvalue weighted by molar-refractivity contribution is 0.669. The Hall–Kier alpha value is -8.34. The fourth-order valence-electron chi connectivity index (χ4n) is 9.68. The molecule has 4 nitrogen and oxygen atoms in total. The number of nitrogens with zero attached hydrogens (tertiary/aromatic N) is 2. The molecule has 10 aromatic carbocycles. The Bertz CT molecular complexity index is 3830. The lowest BCUT2D eigenvalue weighted by Gasteiger charge is -2.30. The van der Waals surface area contributed by atoms with Gasteiger partial charge in [-0.15, -0.1) is 0 Å². The van der Waals surface area contributed by atoms with E-state index in [1.807, 2.05) is 12.1 Å². The summed E-state index contributed by atoms with van der Waals surface area (Å²) in [5.41, 5.74) is 14.6. The second-order valence-corrected chi connectivity index (χ2v) is 16.1. The van der Waals surface area contributed by atoms with Gasteiger partial charge in [0.1, 0.15) is 22.3 Å². The fourth-order valence-corrected chi connectivity index (χ4v) is 9.68. The lowest BCUT2D eigenvalue weighted by Crippen LogP contribution is -2.14. The van der Waals surface area contributed by atoms with Crippen LogP contribution in [0.4, 0.5) is 17.1 Å². The van der Waals surface area contributed by atoms with Crippen LogP contribution in [-0.4, -0.2) is 4.57 Å². The van der Waals surface area contributed by atoms with Crippen LogP contribution in [0.25, 0.3) is 104 Å². The molecule has 0 aliphatic heterocycles. The molecule has 0 amide bonds. The predicted octanol–water partition coefficient (Wildman–Crippen LogP) is 16.5. The minimum Gasteiger partial charge on any atom is -0.456 e. The van der Waals surface area contributed by atoms with Gasteiger partial charge in [0.05, 0.1) is 28.1 Å². The molecule has 0 fully saturated rings. The van der Waals surface area contributed by atoms with E-state index in [4.69, 9.17) is 8.83 Å². The van der Waals surface area contributed by atoms with Crippen LogP contribution in [-0.2, 0) is 0 Å². The van der Waals surface area contributed by atoms with Gasteiger partial charge in [-0.2, -0.15) is 0 Å². The van der Waals surface area contributed by atoms with Crippen LogP contribution < -0.4 is 4.90 Å². The van der Waals surface area contributed by atoms with Crippen molar-refractivity contribution in [2.45, 2.75) is 0 Å². The molecule has 13 aromatic rings. The molecule has 3 heterocycles. The number of aromatic nitrogens is 1. The summed E-state index contributed by atoms with van der Waals surface area (Å²) in [5, 5.41) is 9.29. The number of rotatable bonds is 6. The van der Waals surface area contributed by atoms with Crippen LogP contribution in [0.2, 0.25) is 0 Å². The van der Waals surface area contributed by atoms with Crippen molar-refractivity contribution in [1.82, 2.24) is 4.57 Å². The third-order valence-electron chi connectivity index (χ3n) is 12.6. The summed E-state index contributed by atoms with van der Waals surface area (Å²) in [5.74, 6) is 0. The third kappa shape index (κ3) is 5.33. The van der Waals surface area contributed by atoms with Gasteiger partial charge in [-0.1, -0.05) is 133 Å². The molecular weight excluding hydrogens is 757 g/mol. The number of fused-ring (bicyclic) bond motifs is 10. The summed E-state index contributed by atoms with van der Waals surface area (Å²) in [4.78, 5) is 2.42. The summed E-state index contributed by atoms with van der Waals surface area (Å²) < 4.78 is 15.2. The fraction of sp³-hybridized carbons (Fsp3) is 0. The zero-order valence-electron chi connectivity index (χ0n) is 33.5. The third-order valence-corrected chi connectivity index (χ3v) is 12.6. The molecular formula is C58H36N2O2. The molecule has 0 N–H and O–H groups in total. The van der Waals surface area contributed by atoms with Gasteiger partial charge >= 0.3 is 0 Å². The maximum atomic E-state index is 6.46. The molecule has 62 heavy (non-hydrogen) atoms. The number of hydrogen-bond donors (Lipinski definition) is 0. The van der Waals surface area contributed by atoms with Crippen molar-refractivity contribution in [1.29, 1.82) is 0 Å². The Labute approximate surface area is 356 Å². The summed E-state index contributed by atoms with van der Waals surface area (Å²) in [6, 6.07) is 78.2. The van der Waals surface area contributed by atoms with Gasteiger partial charge in [0.25, 0.3) is 0 Å². The Morgan fingerprint density at radius 1 is 0.323 bits per heavy atom. The Morgan fingerprint density at radius 3 is 1.66 bits per heavy atom. The molecule has 0 bridgehead atoms. The van der Waals surface area contributed by atoms with E-state index in [-0.39, 0.29) is 0 Å². The van der Waals surface area contributed by atoms with Crippen LogP contribution in [0.15, 0.2) is 227 Å². The maximum absolute atomic E-state index is 6.46. The zero-order chi connectivity index (χ0) is 40.7. The Balaban J connectivity index is 1.01. The van der Waals surface area contributed by atoms with Crippen molar-refractivity contribution < 1.29 is 8.83 Å². The normalized spacial score (nSPS) is 11.9. The second-order valence-electron chi connectivity index (χ2n) is 16.1. The maximum Gasteiger partial charge on any atom is 0.136 e. The van der Waals surface area contributed by atoms with E-state index in [9.17, 15) is 0 Å². The summed E-state index contributed by atoms with van der Waals surface area (Å²) in [6.45, 7) is 0. The molecule has 0 spiro atoms. The van der Waals surface area contributed by atoms with Gasteiger partial charge in [0, 0.05) is 43.6 Å². The number of furan rings is 2. The molecule has 0 radical (unpaired) electrons. The van der Waals surface area contributed by atoms with Crippen molar-refractivity contribution in [3.05, 3.63) is 218 Å². The van der Waals surface area contributed by atoms with Crippen LogP contribution in [0.3, 0.4) is 0 Å². The molecule has 0 aliphatic rings. The molecule has 4 heteroatoms. The van der Waals surface area contributed by atoms with E-state index >= 15 is 0 Å². The molecule has 0 aliphatic carbocycles. The molecule has 0 saturated heterocycles. The van der Waals surface area contributed by atoms with Crippen LogP contribution in [0, 0.1) is 0 Å². The first-order valence-electron chi connectivity index (χ1n) is 21.1. The minimum atomic E-state index is 0.876. The largest absolute Gasteiger partial charge is 0.456 e. The van der Waals surface area contributed by atoms with E-state index in [0.717, 1.165) is 99.9 Å². The number of hydrogen-bond acceptors (Lipinski definition) is 3. The van der Waals surface area contributed by atoms with Crippen LogP contribution in [0.5, 0.6) is 0 Å².